The van der Waals surface area contributed by atoms with E-state index in [0.717, 1.165) is 0 Å². The topological polar surface area (TPSA) is 59.9 Å². The Hall–Kier alpha value is -1.53. The van der Waals surface area contributed by atoms with Gasteiger partial charge >= 0.3 is 6.01 Å². The van der Waals surface area contributed by atoms with Crippen LogP contribution in [-0.2, 0) is 0 Å². The number of aryl methyl sites for hydroxylation is 1. The maximum Gasteiger partial charge on any atom is 0.321 e. The third-order valence-electron chi connectivity index (χ3n) is 2.19. The van der Waals surface area contributed by atoms with Gasteiger partial charge in [0.15, 0.2) is 6.61 Å². The quantitative estimate of drug-likeness (QED) is 0.859. The number of nitrogens with zero attached hydrogens (tertiary/aromatic N) is 3. The summed E-state index contributed by atoms with van der Waals surface area (Å²) in [7, 11) is 1.63. The average molecular weight is 246 g/mol. The van der Waals surface area contributed by atoms with Crippen LogP contribution in [0.3, 0.4) is 0 Å². The first-order chi connectivity index (χ1) is 7.85. The molecule has 1 rings (SSSR count). The summed E-state index contributed by atoms with van der Waals surface area (Å²) in [5.74, 6) is -3.00. The van der Waals surface area contributed by atoms with E-state index in [-0.39, 0.29) is 6.01 Å². The number of nitrogens with one attached hydrogen (secondary N) is 1. The minimum atomic E-state index is -2.90. The van der Waals surface area contributed by atoms with Gasteiger partial charge in [0, 0.05) is 13.0 Å². The average Bonchev–Trinajstić information content (AvgIpc) is 2.25. The minimum Gasteiger partial charge on any atom is -0.457 e. The van der Waals surface area contributed by atoms with Crippen LogP contribution in [0.1, 0.15) is 19.7 Å². The number of ether oxygens (including phenoxy) is 1. The van der Waals surface area contributed by atoms with Crippen molar-refractivity contribution in [3.63, 3.8) is 0 Å². The van der Waals surface area contributed by atoms with Crippen molar-refractivity contribution in [2.45, 2.75) is 26.7 Å². The molecule has 17 heavy (non-hydrogen) atoms. The number of halogens is 2. The molecule has 0 saturated heterocycles. The Morgan fingerprint density at radius 2 is 1.94 bits per heavy atom. The fraction of sp³-hybridized carbons (Fsp3) is 0.700. The van der Waals surface area contributed by atoms with Gasteiger partial charge in [-0.1, -0.05) is 13.8 Å². The van der Waals surface area contributed by atoms with Gasteiger partial charge < -0.3 is 10.1 Å². The molecule has 0 aliphatic rings. The molecular weight excluding hydrogens is 230 g/mol. The second kappa shape index (κ2) is 5.20. The molecule has 0 fully saturated rings. The van der Waals surface area contributed by atoms with Crippen LogP contribution in [0.5, 0.6) is 6.01 Å². The van der Waals surface area contributed by atoms with Crippen molar-refractivity contribution in [2.75, 3.05) is 19.0 Å². The highest BCUT2D eigenvalue weighted by Gasteiger charge is 2.34. The summed E-state index contributed by atoms with van der Waals surface area (Å²) in [4.78, 5) is 11.6. The van der Waals surface area contributed by atoms with E-state index in [1.54, 1.807) is 14.0 Å². The summed E-state index contributed by atoms with van der Waals surface area (Å²) in [6.07, 6.45) is 0. The van der Waals surface area contributed by atoms with Crippen LogP contribution in [0.25, 0.3) is 0 Å². The zero-order valence-electron chi connectivity index (χ0n) is 10.3. The van der Waals surface area contributed by atoms with Gasteiger partial charge in [-0.15, -0.1) is 0 Å². The maximum absolute atomic E-state index is 13.3. The molecule has 0 aliphatic carbocycles. The van der Waals surface area contributed by atoms with Crippen molar-refractivity contribution < 1.29 is 13.5 Å². The van der Waals surface area contributed by atoms with Crippen LogP contribution in [0.4, 0.5) is 14.7 Å². The van der Waals surface area contributed by atoms with E-state index in [4.69, 9.17) is 4.74 Å². The van der Waals surface area contributed by atoms with Crippen LogP contribution < -0.4 is 10.1 Å². The van der Waals surface area contributed by atoms with Crippen molar-refractivity contribution in [1.82, 2.24) is 15.0 Å². The highest BCUT2D eigenvalue weighted by atomic mass is 19.3. The number of alkyl halides is 2. The SMILES string of the molecule is CNc1nc(C)nc(OCC(F)(F)C(C)C)n1. The van der Waals surface area contributed by atoms with Gasteiger partial charge in [-0.3, -0.25) is 0 Å². The Bertz CT molecular complexity index is 385. The van der Waals surface area contributed by atoms with E-state index in [0.29, 0.717) is 11.8 Å². The molecular formula is C10H16F2N4O. The molecule has 0 aliphatic heterocycles. The molecule has 0 saturated carbocycles. The fourth-order valence-corrected chi connectivity index (χ4v) is 0.961. The molecule has 0 radical (unpaired) electrons. The standard InChI is InChI=1S/C10H16F2N4O/c1-6(2)10(11,12)5-17-9-15-7(3)14-8(13-4)16-9/h6H,5H2,1-4H3,(H,13,14,15,16). The Kier molecular flexibility index (Phi) is 4.14. The summed E-state index contributed by atoms with van der Waals surface area (Å²) in [6, 6.07) is -0.0952. The molecule has 0 spiro atoms. The predicted octanol–water partition coefficient (Wildman–Crippen LogP) is 1.89. The normalized spacial score (nSPS) is 11.7. The lowest BCUT2D eigenvalue weighted by Crippen LogP contribution is -2.32. The second-order valence-corrected chi connectivity index (χ2v) is 3.94. The Balaban J connectivity index is 2.72. The lowest BCUT2D eigenvalue weighted by Gasteiger charge is -2.19. The Morgan fingerprint density at radius 1 is 1.29 bits per heavy atom. The summed E-state index contributed by atoms with van der Waals surface area (Å²) in [5, 5.41) is 2.70. The molecule has 1 heterocycles. The first-order valence-electron chi connectivity index (χ1n) is 5.26. The van der Waals surface area contributed by atoms with E-state index >= 15 is 0 Å². The van der Waals surface area contributed by atoms with Crippen molar-refractivity contribution in [1.29, 1.82) is 0 Å². The third kappa shape index (κ3) is 3.76. The van der Waals surface area contributed by atoms with Gasteiger partial charge in [-0.25, -0.2) is 8.78 Å². The molecule has 96 valence electrons. The molecule has 5 nitrogen and oxygen atoms in total. The second-order valence-electron chi connectivity index (χ2n) is 3.94. The summed E-state index contributed by atoms with van der Waals surface area (Å²) in [5.41, 5.74) is 0. The number of hydrogen-bond acceptors (Lipinski definition) is 5. The monoisotopic (exact) mass is 246 g/mol. The van der Waals surface area contributed by atoms with Crippen molar-refractivity contribution in [3.05, 3.63) is 5.82 Å². The largest absolute Gasteiger partial charge is 0.457 e. The lowest BCUT2D eigenvalue weighted by molar-refractivity contribution is -0.0807. The van der Waals surface area contributed by atoms with Gasteiger partial charge in [-0.2, -0.15) is 15.0 Å². The van der Waals surface area contributed by atoms with Crippen LogP contribution in [0.2, 0.25) is 0 Å². The van der Waals surface area contributed by atoms with Gasteiger partial charge in [0.05, 0.1) is 0 Å². The van der Waals surface area contributed by atoms with E-state index in [1.807, 2.05) is 0 Å². The first-order valence-corrected chi connectivity index (χ1v) is 5.26. The van der Waals surface area contributed by atoms with Gasteiger partial charge in [0.1, 0.15) is 5.82 Å². The first kappa shape index (κ1) is 13.5. The number of anilines is 1. The molecule has 7 heteroatoms. The molecule has 1 N–H and O–H groups in total. The minimum absolute atomic E-state index is 0.0952. The van der Waals surface area contributed by atoms with E-state index in [1.165, 1.54) is 13.8 Å². The zero-order valence-corrected chi connectivity index (χ0v) is 10.3. The Labute approximate surface area is 98.6 Å². The van der Waals surface area contributed by atoms with Crippen LogP contribution >= 0.6 is 0 Å². The molecule has 0 amide bonds. The molecule has 0 atom stereocenters. The molecule has 1 aromatic rings. The Morgan fingerprint density at radius 3 is 2.47 bits per heavy atom. The van der Waals surface area contributed by atoms with Crippen LogP contribution in [0, 0.1) is 12.8 Å². The number of aromatic nitrogens is 3. The van der Waals surface area contributed by atoms with E-state index < -0.39 is 18.4 Å². The highest BCUT2D eigenvalue weighted by Crippen LogP contribution is 2.24. The van der Waals surface area contributed by atoms with E-state index in [9.17, 15) is 8.78 Å². The maximum atomic E-state index is 13.3. The molecule has 1 aromatic heterocycles. The molecule has 0 bridgehead atoms. The lowest BCUT2D eigenvalue weighted by atomic mass is 10.1. The summed E-state index contributed by atoms with van der Waals surface area (Å²) in [6.45, 7) is 3.76. The van der Waals surface area contributed by atoms with E-state index in [2.05, 4.69) is 20.3 Å². The molecule has 0 unspecified atom stereocenters. The van der Waals surface area contributed by atoms with Crippen molar-refractivity contribution in [2.24, 2.45) is 5.92 Å². The van der Waals surface area contributed by atoms with Crippen molar-refractivity contribution >= 4 is 5.95 Å². The predicted molar refractivity (Wildman–Crippen MR) is 59.4 cm³/mol. The van der Waals surface area contributed by atoms with Crippen molar-refractivity contribution in [3.8, 4) is 6.01 Å². The van der Waals surface area contributed by atoms with Crippen LogP contribution in [0.15, 0.2) is 0 Å². The molecule has 0 aromatic carbocycles. The van der Waals surface area contributed by atoms with Gasteiger partial charge in [-0.05, 0) is 6.92 Å². The van der Waals surface area contributed by atoms with Gasteiger partial charge in [0.25, 0.3) is 5.92 Å². The zero-order chi connectivity index (χ0) is 13.1. The third-order valence-corrected chi connectivity index (χ3v) is 2.19. The summed E-state index contributed by atoms with van der Waals surface area (Å²) >= 11 is 0. The smallest absolute Gasteiger partial charge is 0.321 e. The number of hydrogen-bond donors (Lipinski definition) is 1. The van der Waals surface area contributed by atoms with Gasteiger partial charge in [0.2, 0.25) is 5.95 Å². The summed E-state index contributed by atoms with van der Waals surface area (Å²) < 4.78 is 31.5. The fourth-order valence-electron chi connectivity index (χ4n) is 0.961. The van der Waals surface area contributed by atoms with Crippen LogP contribution in [-0.4, -0.2) is 34.5 Å². The number of rotatable bonds is 5. The highest BCUT2D eigenvalue weighted by molar-refractivity contribution is 5.24.